The van der Waals surface area contributed by atoms with Crippen LogP contribution < -0.4 is 9.50 Å². The van der Waals surface area contributed by atoms with Crippen LogP contribution in [0, 0.1) is 0 Å². The third-order valence-corrected chi connectivity index (χ3v) is 4.34. The SMILES string of the molecule is CC(=O)Nc1ccc(S(=O)(=O)Oc2ccc(Cl)cc2Cl)cc1. The average molecular weight is 360 g/mol. The smallest absolute Gasteiger partial charge is 0.339 e. The third kappa shape index (κ3) is 4.13. The van der Waals surface area contributed by atoms with Gasteiger partial charge in [0, 0.05) is 17.6 Å². The van der Waals surface area contributed by atoms with E-state index in [0.717, 1.165) is 0 Å². The topological polar surface area (TPSA) is 72.5 Å². The van der Waals surface area contributed by atoms with Crippen LogP contribution in [0.25, 0.3) is 0 Å². The Morgan fingerprint density at radius 2 is 1.73 bits per heavy atom. The largest absolute Gasteiger partial charge is 0.377 e. The molecular weight excluding hydrogens is 349 g/mol. The molecule has 0 aliphatic rings. The molecule has 0 radical (unpaired) electrons. The molecule has 0 saturated heterocycles. The Balaban J connectivity index is 2.24. The van der Waals surface area contributed by atoms with Crippen LogP contribution in [0.2, 0.25) is 10.0 Å². The Morgan fingerprint density at radius 1 is 1.09 bits per heavy atom. The van der Waals surface area contributed by atoms with Crippen LogP contribution in [0.4, 0.5) is 5.69 Å². The minimum absolute atomic E-state index is 0.0167. The molecule has 22 heavy (non-hydrogen) atoms. The van der Waals surface area contributed by atoms with Gasteiger partial charge in [-0.15, -0.1) is 0 Å². The third-order valence-electron chi connectivity index (χ3n) is 2.56. The van der Waals surface area contributed by atoms with E-state index in [9.17, 15) is 13.2 Å². The fraction of sp³-hybridized carbons (Fsp3) is 0.0714. The van der Waals surface area contributed by atoms with E-state index >= 15 is 0 Å². The Morgan fingerprint density at radius 3 is 2.27 bits per heavy atom. The van der Waals surface area contributed by atoms with Crippen LogP contribution in [-0.4, -0.2) is 14.3 Å². The standard InChI is InChI=1S/C14H11Cl2NO4S/c1-9(18)17-11-3-5-12(6-4-11)22(19,20)21-14-7-2-10(15)8-13(14)16/h2-8H,1H3,(H,17,18). The number of nitrogens with one attached hydrogen (secondary N) is 1. The average Bonchev–Trinajstić information content (AvgIpc) is 2.42. The predicted molar refractivity (Wildman–Crippen MR) is 85.0 cm³/mol. The van der Waals surface area contributed by atoms with Gasteiger partial charge in [0.25, 0.3) is 0 Å². The molecule has 1 N–H and O–H groups in total. The summed E-state index contributed by atoms with van der Waals surface area (Å²) in [6, 6.07) is 9.79. The Hall–Kier alpha value is -1.76. The van der Waals surface area contributed by atoms with Crippen molar-refractivity contribution in [2.24, 2.45) is 0 Å². The molecule has 0 saturated carbocycles. The van der Waals surface area contributed by atoms with Crippen LogP contribution in [0.5, 0.6) is 5.75 Å². The van der Waals surface area contributed by atoms with Crippen molar-refractivity contribution in [1.82, 2.24) is 0 Å². The normalized spacial score (nSPS) is 11.0. The predicted octanol–water partition coefficient (Wildman–Crippen LogP) is 3.72. The van der Waals surface area contributed by atoms with Gasteiger partial charge in [-0.2, -0.15) is 8.42 Å². The first kappa shape index (κ1) is 16.6. The van der Waals surface area contributed by atoms with Gasteiger partial charge in [-0.3, -0.25) is 4.79 Å². The fourth-order valence-electron chi connectivity index (χ4n) is 1.62. The molecule has 0 aromatic heterocycles. The quantitative estimate of drug-likeness (QED) is 0.844. The summed E-state index contributed by atoms with van der Waals surface area (Å²) in [5, 5.41) is 3.00. The molecule has 0 spiro atoms. The number of anilines is 1. The molecule has 0 heterocycles. The first-order chi connectivity index (χ1) is 10.3. The first-order valence-corrected chi connectivity index (χ1v) is 8.21. The molecule has 2 aromatic rings. The van der Waals surface area contributed by atoms with E-state index in [-0.39, 0.29) is 21.6 Å². The van der Waals surface area contributed by atoms with Crippen molar-refractivity contribution in [2.45, 2.75) is 11.8 Å². The molecule has 0 unspecified atom stereocenters. The first-order valence-electron chi connectivity index (χ1n) is 6.05. The second-order valence-electron chi connectivity index (χ2n) is 4.32. The monoisotopic (exact) mass is 359 g/mol. The summed E-state index contributed by atoms with van der Waals surface area (Å²) in [6.45, 7) is 1.36. The number of carbonyl (C=O) groups is 1. The molecular formula is C14H11Cl2NO4S. The minimum Gasteiger partial charge on any atom is -0.377 e. The van der Waals surface area contributed by atoms with E-state index in [1.54, 1.807) is 0 Å². The van der Waals surface area contributed by atoms with Crippen molar-refractivity contribution < 1.29 is 17.4 Å². The van der Waals surface area contributed by atoms with Gasteiger partial charge in [0.05, 0.1) is 5.02 Å². The number of amides is 1. The van der Waals surface area contributed by atoms with E-state index in [2.05, 4.69) is 5.32 Å². The summed E-state index contributed by atoms with van der Waals surface area (Å²) < 4.78 is 29.3. The molecule has 2 aromatic carbocycles. The highest BCUT2D eigenvalue weighted by atomic mass is 35.5. The van der Waals surface area contributed by atoms with Crippen LogP contribution in [0.1, 0.15) is 6.92 Å². The van der Waals surface area contributed by atoms with Crippen LogP contribution in [-0.2, 0) is 14.9 Å². The highest BCUT2D eigenvalue weighted by Crippen LogP contribution is 2.30. The van der Waals surface area contributed by atoms with Crippen molar-refractivity contribution in [2.75, 3.05) is 5.32 Å². The van der Waals surface area contributed by atoms with Gasteiger partial charge in [0.1, 0.15) is 4.90 Å². The lowest BCUT2D eigenvalue weighted by Gasteiger charge is -2.09. The highest BCUT2D eigenvalue weighted by Gasteiger charge is 2.18. The second kappa shape index (κ2) is 6.56. The summed E-state index contributed by atoms with van der Waals surface area (Å²) in [5.41, 5.74) is 0.482. The van der Waals surface area contributed by atoms with Gasteiger partial charge in [-0.1, -0.05) is 23.2 Å². The molecule has 0 fully saturated rings. The van der Waals surface area contributed by atoms with Crippen molar-refractivity contribution in [3.8, 4) is 5.75 Å². The van der Waals surface area contributed by atoms with E-state index in [1.165, 1.54) is 49.4 Å². The van der Waals surface area contributed by atoms with Gasteiger partial charge in [0.15, 0.2) is 5.75 Å². The van der Waals surface area contributed by atoms with E-state index < -0.39 is 10.1 Å². The number of carbonyl (C=O) groups excluding carboxylic acids is 1. The lowest BCUT2D eigenvalue weighted by Crippen LogP contribution is -2.10. The highest BCUT2D eigenvalue weighted by molar-refractivity contribution is 7.87. The zero-order chi connectivity index (χ0) is 16.3. The zero-order valence-corrected chi connectivity index (χ0v) is 13.7. The summed E-state index contributed by atoms with van der Waals surface area (Å²) in [4.78, 5) is 10.9. The maximum atomic E-state index is 12.2. The van der Waals surface area contributed by atoms with Crippen LogP contribution in [0.3, 0.4) is 0 Å². The van der Waals surface area contributed by atoms with Crippen molar-refractivity contribution in [3.05, 3.63) is 52.5 Å². The van der Waals surface area contributed by atoms with E-state index in [4.69, 9.17) is 27.4 Å². The van der Waals surface area contributed by atoms with Gasteiger partial charge in [-0.25, -0.2) is 0 Å². The Labute approximate surface area is 137 Å². The van der Waals surface area contributed by atoms with Gasteiger partial charge >= 0.3 is 10.1 Å². The number of hydrogen-bond acceptors (Lipinski definition) is 4. The summed E-state index contributed by atoms with van der Waals surface area (Å²) in [7, 11) is -4.03. The Bertz CT molecular complexity index is 804. The summed E-state index contributed by atoms with van der Waals surface area (Å²) in [6.07, 6.45) is 0. The molecule has 5 nitrogen and oxygen atoms in total. The zero-order valence-electron chi connectivity index (χ0n) is 11.3. The molecule has 116 valence electrons. The molecule has 0 aliphatic carbocycles. The molecule has 0 aliphatic heterocycles. The lowest BCUT2D eigenvalue weighted by molar-refractivity contribution is -0.114. The van der Waals surface area contributed by atoms with Gasteiger partial charge in [0.2, 0.25) is 5.91 Å². The van der Waals surface area contributed by atoms with E-state index in [0.29, 0.717) is 10.7 Å². The number of hydrogen-bond donors (Lipinski definition) is 1. The van der Waals surface area contributed by atoms with Crippen LogP contribution in [0.15, 0.2) is 47.4 Å². The molecule has 2 rings (SSSR count). The number of rotatable bonds is 4. The molecule has 8 heteroatoms. The van der Waals surface area contributed by atoms with Gasteiger partial charge < -0.3 is 9.50 Å². The van der Waals surface area contributed by atoms with Crippen molar-refractivity contribution in [1.29, 1.82) is 0 Å². The maximum Gasteiger partial charge on any atom is 0.339 e. The number of benzene rings is 2. The van der Waals surface area contributed by atoms with E-state index in [1.807, 2.05) is 0 Å². The molecule has 0 bridgehead atoms. The van der Waals surface area contributed by atoms with Crippen molar-refractivity contribution in [3.63, 3.8) is 0 Å². The molecule has 0 atom stereocenters. The summed E-state index contributed by atoms with van der Waals surface area (Å²) >= 11 is 11.6. The summed E-state index contributed by atoms with van der Waals surface area (Å²) in [5.74, 6) is -0.267. The second-order valence-corrected chi connectivity index (χ2v) is 6.71. The van der Waals surface area contributed by atoms with Gasteiger partial charge in [-0.05, 0) is 42.5 Å². The fourth-order valence-corrected chi connectivity index (χ4v) is 3.06. The minimum atomic E-state index is -4.03. The number of halogens is 2. The van der Waals surface area contributed by atoms with Crippen LogP contribution >= 0.6 is 23.2 Å². The lowest BCUT2D eigenvalue weighted by atomic mass is 10.3. The maximum absolute atomic E-state index is 12.2. The Kier molecular flexibility index (Phi) is 4.95. The molecule has 1 amide bonds. The van der Waals surface area contributed by atoms with Crippen molar-refractivity contribution >= 4 is 44.9 Å².